The number of carboxylic acids is 1. The zero-order chi connectivity index (χ0) is 16.4. The first-order valence-corrected chi connectivity index (χ1v) is 8.43. The van der Waals surface area contributed by atoms with Gasteiger partial charge in [0.05, 0.1) is 6.04 Å². The Morgan fingerprint density at radius 1 is 1.30 bits per heavy atom. The minimum Gasteiger partial charge on any atom is -0.480 e. The monoisotopic (exact) mass is 337 g/mol. The van der Waals surface area contributed by atoms with Crippen molar-refractivity contribution in [1.29, 1.82) is 0 Å². The number of halogens is 2. The van der Waals surface area contributed by atoms with E-state index in [2.05, 4.69) is 0 Å². The maximum atomic E-state index is 14.4. The Bertz CT molecular complexity index is 690. The molecule has 0 radical (unpaired) electrons. The maximum Gasteiger partial charge on any atom is 0.320 e. The van der Waals surface area contributed by atoms with Gasteiger partial charge >= 0.3 is 5.97 Å². The molecule has 23 heavy (non-hydrogen) atoms. The Hall–Kier alpha value is -1.79. The highest BCUT2D eigenvalue weighted by Gasteiger charge is 2.36. The summed E-state index contributed by atoms with van der Waals surface area (Å²) in [5, 5.41) is 11.4. The number of hydrogen-bond donors (Lipinski definition) is 1. The number of nitrogens with zero attached hydrogens (tertiary/aromatic N) is 1. The highest BCUT2D eigenvalue weighted by molar-refractivity contribution is 7.10. The van der Waals surface area contributed by atoms with E-state index in [1.54, 1.807) is 0 Å². The molecule has 1 saturated heterocycles. The van der Waals surface area contributed by atoms with Gasteiger partial charge < -0.3 is 5.11 Å². The van der Waals surface area contributed by atoms with E-state index in [0.29, 0.717) is 18.5 Å². The molecule has 0 saturated carbocycles. The Morgan fingerprint density at radius 2 is 2.13 bits per heavy atom. The van der Waals surface area contributed by atoms with Crippen LogP contribution in [0.15, 0.2) is 35.7 Å². The van der Waals surface area contributed by atoms with E-state index in [0.717, 1.165) is 23.8 Å². The third-order valence-electron chi connectivity index (χ3n) is 4.23. The summed E-state index contributed by atoms with van der Waals surface area (Å²) in [6.45, 7) is 0.580. The molecule has 3 nitrogen and oxygen atoms in total. The van der Waals surface area contributed by atoms with Crippen LogP contribution < -0.4 is 0 Å². The lowest BCUT2D eigenvalue weighted by Crippen LogP contribution is -2.46. The van der Waals surface area contributed by atoms with Gasteiger partial charge in [-0.3, -0.25) is 9.69 Å². The Balaban J connectivity index is 2.07. The second kappa shape index (κ2) is 6.76. The van der Waals surface area contributed by atoms with Crippen molar-refractivity contribution in [3.8, 4) is 0 Å². The van der Waals surface area contributed by atoms with Crippen molar-refractivity contribution in [2.75, 3.05) is 6.54 Å². The van der Waals surface area contributed by atoms with Crippen molar-refractivity contribution in [2.24, 2.45) is 0 Å². The number of piperidine rings is 1. The minimum atomic E-state index is -0.895. The van der Waals surface area contributed by atoms with Crippen LogP contribution in [0.4, 0.5) is 8.78 Å². The number of carbonyl (C=O) groups is 1. The SMILES string of the molecule is O=C(O)C1CCCCN1C(c1cccs1)c1ccc(F)cc1F. The number of thiophene rings is 1. The first-order chi connectivity index (χ1) is 11.1. The first kappa shape index (κ1) is 16.1. The van der Waals surface area contributed by atoms with Crippen molar-refractivity contribution in [1.82, 2.24) is 4.90 Å². The number of hydrogen-bond acceptors (Lipinski definition) is 3. The van der Waals surface area contributed by atoms with Gasteiger partial charge in [-0.15, -0.1) is 11.3 Å². The van der Waals surface area contributed by atoms with Gasteiger partial charge in [-0.05, 0) is 36.9 Å². The number of rotatable bonds is 4. The molecule has 6 heteroatoms. The van der Waals surface area contributed by atoms with Crippen molar-refractivity contribution in [3.05, 3.63) is 57.8 Å². The van der Waals surface area contributed by atoms with Crippen LogP contribution in [0.25, 0.3) is 0 Å². The van der Waals surface area contributed by atoms with Gasteiger partial charge in [0, 0.05) is 16.5 Å². The minimum absolute atomic E-state index is 0.321. The second-order valence-electron chi connectivity index (χ2n) is 5.67. The number of benzene rings is 1. The predicted octanol–water partition coefficient (Wildman–Crippen LogP) is 4.05. The molecule has 1 aromatic heterocycles. The summed E-state index contributed by atoms with van der Waals surface area (Å²) in [6.07, 6.45) is 2.25. The molecular formula is C17H17F2NO2S. The molecule has 1 N–H and O–H groups in total. The Morgan fingerprint density at radius 3 is 2.78 bits per heavy atom. The fourth-order valence-electron chi connectivity index (χ4n) is 3.19. The molecule has 3 rings (SSSR count). The number of aliphatic carboxylic acids is 1. The molecule has 2 aromatic rings. The van der Waals surface area contributed by atoms with Crippen LogP contribution in [0.2, 0.25) is 0 Å². The molecule has 0 spiro atoms. The van der Waals surface area contributed by atoms with Gasteiger partial charge in [0.25, 0.3) is 0 Å². The van der Waals surface area contributed by atoms with Gasteiger partial charge in [-0.1, -0.05) is 18.6 Å². The van der Waals surface area contributed by atoms with Gasteiger partial charge in [0.15, 0.2) is 0 Å². The summed E-state index contributed by atoms with van der Waals surface area (Å²) >= 11 is 1.45. The summed E-state index contributed by atoms with van der Waals surface area (Å²) in [7, 11) is 0. The zero-order valence-electron chi connectivity index (χ0n) is 12.4. The molecule has 1 aromatic carbocycles. The first-order valence-electron chi connectivity index (χ1n) is 7.55. The summed E-state index contributed by atoms with van der Waals surface area (Å²) < 4.78 is 27.6. The molecule has 1 aliphatic rings. The second-order valence-corrected chi connectivity index (χ2v) is 6.65. The third-order valence-corrected chi connectivity index (χ3v) is 5.16. The molecule has 2 atom stereocenters. The molecule has 2 heterocycles. The zero-order valence-corrected chi connectivity index (χ0v) is 13.2. The normalized spacial score (nSPS) is 20.3. The van der Waals surface area contributed by atoms with Crippen LogP contribution in [0.3, 0.4) is 0 Å². The molecule has 122 valence electrons. The summed E-state index contributed by atoms with van der Waals surface area (Å²) in [6, 6.07) is 6.06. The molecule has 1 fully saturated rings. The lowest BCUT2D eigenvalue weighted by molar-refractivity contribution is -0.145. The molecule has 0 aliphatic carbocycles. The van der Waals surface area contributed by atoms with E-state index in [4.69, 9.17) is 0 Å². The van der Waals surface area contributed by atoms with Crippen molar-refractivity contribution >= 4 is 17.3 Å². The van der Waals surface area contributed by atoms with Gasteiger partial charge in [0.2, 0.25) is 0 Å². The quantitative estimate of drug-likeness (QED) is 0.915. The van der Waals surface area contributed by atoms with Gasteiger partial charge in [-0.25, -0.2) is 8.78 Å². The Labute approximate surface area is 137 Å². The summed E-state index contributed by atoms with van der Waals surface area (Å²) in [5.74, 6) is -2.17. The summed E-state index contributed by atoms with van der Waals surface area (Å²) in [4.78, 5) is 14.3. The van der Waals surface area contributed by atoms with Crippen LogP contribution in [0, 0.1) is 11.6 Å². The topological polar surface area (TPSA) is 40.5 Å². The van der Waals surface area contributed by atoms with E-state index < -0.39 is 29.7 Å². The van der Waals surface area contributed by atoms with Gasteiger partial charge in [0.1, 0.15) is 17.7 Å². The van der Waals surface area contributed by atoms with E-state index in [-0.39, 0.29) is 0 Å². The highest BCUT2D eigenvalue weighted by Crippen LogP contribution is 2.37. The Kier molecular flexibility index (Phi) is 4.73. The van der Waals surface area contributed by atoms with Crippen molar-refractivity contribution in [3.63, 3.8) is 0 Å². The smallest absolute Gasteiger partial charge is 0.320 e. The van der Waals surface area contributed by atoms with Crippen LogP contribution in [-0.4, -0.2) is 28.6 Å². The molecule has 0 amide bonds. The fraction of sp³-hybridized carbons (Fsp3) is 0.353. The van der Waals surface area contributed by atoms with Crippen LogP contribution in [-0.2, 0) is 4.79 Å². The average Bonchev–Trinajstić information content (AvgIpc) is 3.04. The van der Waals surface area contributed by atoms with E-state index >= 15 is 0 Å². The number of carboxylic acid groups (broad SMARTS) is 1. The van der Waals surface area contributed by atoms with Crippen LogP contribution in [0.1, 0.15) is 35.7 Å². The van der Waals surface area contributed by atoms with Crippen LogP contribution >= 0.6 is 11.3 Å². The van der Waals surface area contributed by atoms with Gasteiger partial charge in [-0.2, -0.15) is 0 Å². The van der Waals surface area contributed by atoms with Crippen molar-refractivity contribution in [2.45, 2.75) is 31.3 Å². The lowest BCUT2D eigenvalue weighted by Gasteiger charge is -2.39. The molecular weight excluding hydrogens is 320 g/mol. The van der Waals surface area contributed by atoms with Crippen LogP contribution in [0.5, 0.6) is 0 Å². The van der Waals surface area contributed by atoms with E-state index in [9.17, 15) is 18.7 Å². The largest absolute Gasteiger partial charge is 0.480 e. The predicted molar refractivity (Wildman–Crippen MR) is 84.5 cm³/mol. The van der Waals surface area contributed by atoms with E-state index in [1.165, 1.54) is 23.5 Å². The maximum absolute atomic E-state index is 14.4. The van der Waals surface area contributed by atoms with E-state index in [1.807, 2.05) is 22.4 Å². The molecule has 1 aliphatic heterocycles. The number of likely N-dealkylation sites (tertiary alicyclic amines) is 1. The molecule has 2 unspecified atom stereocenters. The van der Waals surface area contributed by atoms with Crippen molar-refractivity contribution < 1.29 is 18.7 Å². The average molecular weight is 337 g/mol. The third kappa shape index (κ3) is 3.28. The fourth-order valence-corrected chi connectivity index (χ4v) is 4.06. The molecule has 0 bridgehead atoms. The highest BCUT2D eigenvalue weighted by atomic mass is 32.1. The lowest BCUT2D eigenvalue weighted by atomic mass is 9.95. The standard InChI is InChI=1S/C17H17F2NO2S/c18-11-6-7-12(13(19)10-11)16(15-5-3-9-23-15)20-8-2-1-4-14(20)17(21)22/h3,5-7,9-10,14,16H,1-2,4,8H2,(H,21,22). The summed E-state index contributed by atoms with van der Waals surface area (Å²) in [5.41, 5.74) is 0.321.